The number of ether oxygens (including phenoxy) is 1. The monoisotopic (exact) mass is 209 g/mol. The zero-order valence-corrected chi connectivity index (χ0v) is 9.66. The molecule has 0 amide bonds. The molecule has 1 rings (SSSR count). The number of hydrogen-bond donors (Lipinski definition) is 1. The van der Waals surface area contributed by atoms with Crippen LogP contribution in [0.1, 0.15) is 16.7 Å². The lowest BCUT2D eigenvalue weighted by atomic mass is 10.1. The Balaban J connectivity index is 2.89. The highest BCUT2D eigenvalue weighted by atomic mass is 16.5. The average Bonchev–Trinajstić information content (AvgIpc) is 2.16. The predicted molar refractivity (Wildman–Crippen MR) is 60.5 cm³/mol. The lowest BCUT2D eigenvalue weighted by Crippen LogP contribution is -2.11. The van der Waals surface area contributed by atoms with Gasteiger partial charge in [-0.25, -0.2) is 0 Å². The Bertz CT molecular complexity index is 310. The molecule has 1 aromatic carbocycles. The Labute approximate surface area is 91.3 Å². The fourth-order valence-corrected chi connectivity index (χ4v) is 1.64. The zero-order valence-electron chi connectivity index (χ0n) is 9.66. The molecule has 0 unspecified atom stereocenters. The van der Waals surface area contributed by atoms with Gasteiger partial charge >= 0.3 is 0 Å². The molecule has 0 aliphatic heterocycles. The molecule has 0 saturated heterocycles. The van der Waals surface area contributed by atoms with Gasteiger partial charge in [0.05, 0.1) is 13.2 Å². The molecule has 0 aliphatic carbocycles. The molecule has 0 heterocycles. The maximum absolute atomic E-state index is 9.13. The maximum Gasteiger partial charge on any atom is 0.0713 e. The van der Waals surface area contributed by atoms with Crippen molar-refractivity contribution in [2.45, 2.75) is 19.8 Å². The van der Waals surface area contributed by atoms with E-state index in [2.05, 4.69) is 11.0 Å². The van der Waals surface area contributed by atoms with Crippen LogP contribution in [-0.2, 0) is 24.5 Å². The third-order valence-electron chi connectivity index (χ3n) is 2.10. The molecule has 0 fully saturated rings. The number of aliphatic hydroxyl groups is 1. The number of methoxy groups -OCH3 is 1. The molecule has 3 nitrogen and oxygen atoms in total. The summed E-state index contributed by atoms with van der Waals surface area (Å²) in [6.07, 6.45) is 0. The van der Waals surface area contributed by atoms with Gasteiger partial charge in [-0.2, -0.15) is 0 Å². The lowest BCUT2D eigenvalue weighted by Gasteiger charge is -2.12. The van der Waals surface area contributed by atoms with E-state index in [9.17, 15) is 0 Å². The highest BCUT2D eigenvalue weighted by Crippen LogP contribution is 2.12. The first kappa shape index (κ1) is 12.2. The lowest BCUT2D eigenvalue weighted by molar-refractivity contribution is 0.184. The molecule has 0 bridgehead atoms. The first-order chi connectivity index (χ1) is 7.15. The summed E-state index contributed by atoms with van der Waals surface area (Å²) in [5.41, 5.74) is 3.26. The van der Waals surface area contributed by atoms with Gasteiger partial charge in [-0.05, 0) is 30.8 Å². The third-order valence-corrected chi connectivity index (χ3v) is 2.10. The van der Waals surface area contributed by atoms with E-state index in [0.717, 1.165) is 17.7 Å². The smallest absolute Gasteiger partial charge is 0.0713 e. The van der Waals surface area contributed by atoms with Gasteiger partial charge in [0.15, 0.2) is 0 Å². The summed E-state index contributed by atoms with van der Waals surface area (Å²) in [5, 5.41) is 9.13. The highest BCUT2D eigenvalue weighted by molar-refractivity contribution is 5.29. The number of nitrogens with zero attached hydrogens (tertiary/aromatic N) is 1. The Morgan fingerprint density at radius 2 is 1.73 bits per heavy atom. The van der Waals surface area contributed by atoms with Crippen molar-refractivity contribution in [3.05, 3.63) is 34.9 Å². The van der Waals surface area contributed by atoms with Crippen molar-refractivity contribution in [3.8, 4) is 0 Å². The summed E-state index contributed by atoms with van der Waals surface area (Å²) in [6, 6.07) is 6.12. The normalized spacial score (nSPS) is 11.0. The van der Waals surface area contributed by atoms with Crippen molar-refractivity contribution in [2.75, 3.05) is 21.2 Å². The van der Waals surface area contributed by atoms with Crippen LogP contribution in [0.5, 0.6) is 0 Å². The summed E-state index contributed by atoms with van der Waals surface area (Å²) in [6.45, 7) is 1.55. The van der Waals surface area contributed by atoms with Gasteiger partial charge in [0.25, 0.3) is 0 Å². The maximum atomic E-state index is 9.13. The van der Waals surface area contributed by atoms with E-state index in [1.54, 1.807) is 7.11 Å². The van der Waals surface area contributed by atoms with E-state index < -0.39 is 0 Å². The highest BCUT2D eigenvalue weighted by Gasteiger charge is 2.01. The Kier molecular flexibility index (Phi) is 4.75. The quantitative estimate of drug-likeness (QED) is 0.795. The topological polar surface area (TPSA) is 32.7 Å². The van der Waals surface area contributed by atoms with E-state index >= 15 is 0 Å². The molecule has 0 aromatic heterocycles. The summed E-state index contributed by atoms with van der Waals surface area (Å²) in [5.74, 6) is 0. The molecule has 0 aliphatic rings. The molecule has 1 aromatic rings. The van der Waals surface area contributed by atoms with Crippen LogP contribution in [0.4, 0.5) is 0 Å². The van der Waals surface area contributed by atoms with Gasteiger partial charge in [-0.15, -0.1) is 0 Å². The second kappa shape index (κ2) is 5.85. The summed E-state index contributed by atoms with van der Waals surface area (Å²) in [4.78, 5) is 2.10. The van der Waals surface area contributed by atoms with E-state index in [1.807, 2.05) is 26.2 Å². The molecule has 0 saturated carbocycles. The standard InChI is InChI=1S/C12H19NO2/c1-13(2)7-10-4-11(8-14)6-12(5-10)9-15-3/h4-6,14H,7-9H2,1-3H3. The first-order valence-electron chi connectivity index (χ1n) is 5.02. The molecular weight excluding hydrogens is 190 g/mol. The number of benzene rings is 1. The number of rotatable bonds is 5. The Morgan fingerprint density at radius 1 is 1.13 bits per heavy atom. The molecule has 1 N–H and O–H groups in total. The third kappa shape index (κ3) is 4.00. The van der Waals surface area contributed by atoms with Crippen LogP contribution in [-0.4, -0.2) is 31.2 Å². The Hall–Kier alpha value is -0.900. The van der Waals surface area contributed by atoms with Crippen molar-refractivity contribution in [1.29, 1.82) is 0 Å². The van der Waals surface area contributed by atoms with Crippen molar-refractivity contribution >= 4 is 0 Å². The van der Waals surface area contributed by atoms with Crippen LogP contribution in [0, 0.1) is 0 Å². The zero-order chi connectivity index (χ0) is 11.3. The van der Waals surface area contributed by atoms with Crippen LogP contribution in [0.3, 0.4) is 0 Å². The number of hydrogen-bond acceptors (Lipinski definition) is 3. The minimum Gasteiger partial charge on any atom is -0.392 e. The minimum atomic E-state index is 0.0813. The fourth-order valence-electron chi connectivity index (χ4n) is 1.64. The van der Waals surface area contributed by atoms with Gasteiger partial charge in [-0.3, -0.25) is 0 Å². The van der Waals surface area contributed by atoms with Crippen LogP contribution in [0.15, 0.2) is 18.2 Å². The second-order valence-electron chi connectivity index (χ2n) is 3.99. The predicted octanol–water partition coefficient (Wildman–Crippen LogP) is 1.39. The van der Waals surface area contributed by atoms with Crippen LogP contribution < -0.4 is 0 Å². The molecular formula is C12H19NO2. The van der Waals surface area contributed by atoms with Gasteiger partial charge < -0.3 is 14.7 Å². The van der Waals surface area contributed by atoms with Crippen molar-refractivity contribution in [3.63, 3.8) is 0 Å². The summed E-state index contributed by atoms with van der Waals surface area (Å²) in [7, 11) is 5.74. The van der Waals surface area contributed by atoms with E-state index in [0.29, 0.717) is 6.61 Å². The van der Waals surface area contributed by atoms with Crippen molar-refractivity contribution in [1.82, 2.24) is 4.90 Å². The van der Waals surface area contributed by atoms with Gasteiger partial charge in [-0.1, -0.05) is 18.2 Å². The largest absolute Gasteiger partial charge is 0.392 e. The van der Waals surface area contributed by atoms with Crippen molar-refractivity contribution < 1.29 is 9.84 Å². The van der Waals surface area contributed by atoms with Crippen LogP contribution >= 0.6 is 0 Å². The van der Waals surface area contributed by atoms with Gasteiger partial charge in [0.2, 0.25) is 0 Å². The SMILES string of the molecule is COCc1cc(CO)cc(CN(C)C)c1. The first-order valence-corrected chi connectivity index (χ1v) is 5.02. The average molecular weight is 209 g/mol. The van der Waals surface area contributed by atoms with Gasteiger partial charge in [0.1, 0.15) is 0 Å². The van der Waals surface area contributed by atoms with Gasteiger partial charge in [0, 0.05) is 13.7 Å². The minimum absolute atomic E-state index is 0.0813. The Morgan fingerprint density at radius 3 is 2.27 bits per heavy atom. The van der Waals surface area contributed by atoms with E-state index in [4.69, 9.17) is 9.84 Å². The van der Waals surface area contributed by atoms with Crippen LogP contribution in [0.25, 0.3) is 0 Å². The van der Waals surface area contributed by atoms with Crippen LogP contribution in [0.2, 0.25) is 0 Å². The molecule has 0 radical (unpaired) electrons. The molecule has 3 heteroatoms. The summed E-state index contributed by atoms with van der Waals surface area (Å²) >= 11 is 0. The molecule has 0 atom stereocenters. The second-order valence-corrected chi connectivity index (χ2v) is 3.99. The van der Waals surface area contributed by atoms with E-state index in [1.165, 1.54) is 5.56 Å². The van der Waals surface area contributed by atoms with Crippen molar-refractivity contribution in [2.24, 2.45) is 0 Å². The fraction of sp³-hybridized carbons (Fsp3) is 0.500. The number of aliphatic hydroxyl groups excluding tert-OH is 1. The van der Waals surface area contributed by atoms with E-state index in [-0.39, 0.29) is 6.61 Å². The molecule has 84 valence electrons. The molecule has 0 spiro atoms. The molecule has 15 heavy (non-hydrogen) atoms. The summed E-state index contributed by atoms with van der Waals surface area (Å²) < 4.78 is 5.09.